The van der Waals surface area contributed by atoms with E-state index in [2.05, 4.69) is 4.99 Å². The predicted octanol–water partition coefficient (Wildman–Crippen LogP) is 3.72. The summed E-state index contributed by atoms with van der Waals surface area (Å²) >= 11 is 6.09. The summed E-state index contributed by atoms with van der Waals surface area (Å²) < 4.78 is 11.3. The van der Waals surface area contributed by atoms with E-state index in [0.717, 1.165) is 5.56 Å². The first kappa shape index (κ1) is 26.0. The first-order chi connectivity index (χ1) is 17.6. The van der Waals surface area contributed by atoms with E-state index in [1.54, 1.807) is 68.3 Å². The number of aliphatic imine (C=N–C) groups is 1. The molecule has 2 aromatic carbocycles. The van der Waals surface area contributed by atoms with Gasteiger partial charge in [0, 0.05) is 23.7 Å². The van der Waals surface area contributed by atoms with Gasteiger partial charge in [-0.05, 0) is 45.0 Å². The first-order valence-electron chi connectivity index (χ1n) is 11.7. The molecule has 2 aliphatic heterocycles. The minimum atomic E-state index is -0.660. The maximum absolute atomic E-state index is 13.3. The molecule has 1 unspecified atom stereocenters. The van der Waals surface area contributed by atoms with Crippen LogP contribution in [0.3, 0.4) is 0 Å². The Morgan fingerprint density at radius 2 is 1.84 bits per heavy atom. The number of amides is 2. The van der Waals surface area contributed by atoms with Gasteiger partial charge in [0.1, 0.15) is 17.9 Å². The first-order valence-corrected chi connectivity index (χ1v) is 12.1. The summed E-state index contributed by atoms with van der Waals surface area (Å²) in [7, 11) is 0. The second kappa shape index (κ2) is 10.9. The van der Waals surface area contributed by atoms with E-state index >= 15 is 0 Å². The van der Waals surface area contributed by atoms with Gasteiger partial charge in [-0.15, -0.1) is 4.99 Å². The number of hydrazone groups is 1. The van der Waals surface area contributed by atoms with E-state index in [0.29, 0.717) is 23.0 Å². The second-order valence-electron chi connectivity index (χ2n) is 9.49. The van der Waals surface area contributed by atoms with Crippen molar-refractivity contribution in [2.75, 3.05) is 26.2 Å². The highest BCUT2D eigenvalue weighted by atomic mass is 35.5. The van der Waals surface area contributed by atoms with Crippen LogP contribution in [-0.4, -0.2) is 76.4 Å². The maximum atomic E-state index is 13.3. The van der Waals surface area contributed by atoms with Crippen LogP contribution in [0.5, 0.6) is 5.75 Å². The molecule has 11 heteroatoms. The largest absolute Gasteiger partial charge is 0.444 e. The lowest BCUT2D eigenvalue weighted by molar-refractivity contribution is -0.137. The molecule has 0 aliphatic carbocycles. The number of hydrogen-bond acceptors (Lipinski definition) is 7. The SMILES string of the molecule is CC(C)(C)OC(=O)N1CCN(C2CN(C(=NC#N)Oc3ccccc3)N=C2c2ccc(Cl)cc2)C(=O)C1. The number of nitriles is 1. The van der Waals surface area contributed by atoms with Gasteiger partial charge in [0.25, 0.3) is 0 Å². The van der Waals surface area contributed by atoms with E-state index in [4.69, 9.17) is 26.2 Å². The smallest absolute Gasteiger partial charge is 0.410 e. The summed E-state index contributed by atoms with van der Waals surface area (Å²) in [6.07, 6.45) is 1.24. The molecule has 0 bridgehead atoms. The zero-order chi connectivity index (χ0) is 26.6. The molecule has 37 heavy (non-hydrogen) atoms. The topological polar surface area (TPSA) is 111 Å². The normalized spacial score (nSPS) is 18.4. The van der Waals surface area contributed by atoms with Crippen LogP contribution < -0.4 is 4.74 Å². The number of nitrogens with zero attached hydrogens (tertiary/aromatic N) is 6. The third kappa shape index (κ3) is 6.37. The number of hydrogen-bond donors (Lipinski definition) is 0. The van der Waals surface area contributed by atoms with Crippen molar-refractivity contribution in [1.82, 2.24) is 14.8 Å². The van der Waals surface area contributed by atoms with Crippen molar-refractivity contribution >= 4 is 35.3 Å². The van der Waals surface area contributed by atoms with Crippen LogP contribution in [0.1, 0.15) is 26.3 Å². The monoisotopic (exact) mass is 522 g/mol. The maximum Gasteiger partial charge on any atom is 0.410 e. The number of carbonyl (C=O) groups is 2. The van der Waals surface area contributed by atoms with Crippen molar-refractivity contribution in [3.63, 3.8) is 0 Å². The molecular formula is C26H27ClN6O4. The fourth-order valence-electron chi connectivity index (χ4n) is 3.99. The van der Waals surface area contributed by atoms with Crippen molar-refractivity contribution in [2.24, 2.45) is 10.1 Å². The van der Waals surface area contributed by atoms with Crippen LogP contribution in [0, 0.1) is 11.5 Å². The Bertz CT molecular complexity index is 1250. The summed E-state index contributed by atoms with van der Waals surface area (Å²) in [5, 5.41) is 16.0. The summed E-state index contributed by atoms with van der Waals surface area (Å²) in [6, 6.07) is 15.6. The van der Waals surface area contributed by atoms with Crippen molar-refractivity contribution in [1.29, 1.82) is 5.26 Å². The van der Waals surface area contributed by atoms with E-state index in [9.17, 15) is 14.9 Å². The van der Waals surface area contributed by atoms with Crippen LogP contribution >= 0.6 is 11.6 Å². The highest BCUT2D eigenvalue weighted by molar-refractivity contribution is 6.30. The van der Waals surface area contributed by atoms with Gasteiger partial charge in [-0.25, -0.2) is 9.80 Å². The van der Waals surface area contributed by atoms with E-state index in [-0.39, 0.29) is 31.6 Å². The Labute approximate surface area is 220 Å². The minimum Gasteiger partial charge on any atom is -0.444 e. The van der Waals surface area contributed by atoms with Gasteiger partial charge in [0.15, 0.2) is 0 Å². The molecule has 1 fully saturated rings. The van der Waals surface area contributed by atoms with E-state index < -0.39 is 17.7 Å². The highest BCUT2D eigenvalue weighted by Gasteiger charge is 2.41. The van der Waals surface area contributed by atoms with Gasteiger partial charge in [-0.2, -0.15) is 10.4 Å². The molecule has 1 saturated heterocycles. The van der Waals surface area contributed by atoms with Gasteiger partial charge < -0.3 is 14.4 Å². The standard InChI is InChI=1S/C26H27ClN6O4/c1-26(2,3)37-25(35)31-13-14-32(22(34)16-31)21-15-33(30-23(21)18-9-11-19(27)12-10-18)24(29-17-28)36-20-7-5-4-6-8-20/h4-12,21H,13-16H2,1-3H3. The van der Waals surface area contributed by atoms with Gasteiger partial charge in [0.2, 0.25) is 12.1 Å². The van der Waals surface area contributed by atoms with Gasteiger partial charge in [-0.3, -0.25) is 9.69 Å². The molecule has 2 aliphatic rings. The molecule has 192 valence electrons. The summed E-state index contributed by atoms with van der Waals surface area (Å²) in [5.41, 5.74) is 0.695. The summed E-state index contributed by atoms with van der Waals surface area (Å²) in [4.78, 5) is 32.7. The van der Waals surface area contributed by atoms with Crippen LogP contribution in [0.2, 0.25) is 5.02 Å². The zero-order valence-electron chi connectivity index (χ0n) is 20.8. The lowest BCUT2D eigenvalue weighted by atomic mass is 10.0. The molecule has 1 atom stereocenters. The number of ether oxygens (including phenoxy) is 2. The Balaban J connectivity index is 1.59. The van der Waals surface area contributed by atoms with Crippen LogP contribution in [-0.2, 0) is 9.53 Å². The Kier molecular flexibility index (Phi) is 7.64. The van der Waals surface area contributed by atoms with E-state index in [1.165, 1.54) is 9.91 Å². The molecule has 0 saturated carbocycles. The fourth-order valence-corrected chi connectivity index (χ4v) is 4.12. The third-order valence-electron chi connectivity index (χ3n) is 5.63. The molecule has 4 rings (SSSR count). The van der Waals surface area contributed by atoms with E-state index in [1.807, 2.05) is 18.2 Å². The Morgan fingerprint density at radius 1 is 1.14 bits per heavy atom. The number of carbonyl (C=O) groups excluding carboxylic acids is 2. The fraction of sp³-hybridized carbons (Fsp3) is 0.346. The zero-order valence-corrected chi connectivity index (χ0v) is 21.6. The van der Waals surface area contributed by atoms with Crippen molar-refractivity contribution in [2.45, 2.75) is 32.4 Å². The molecular weight excluding hydrogens is 496 g/mol. The highest BCUT2D eigenvalue weighted by Crippen LogP contribution is 2.24. The number of halogens is 1. The second-order valence-corrected chi connectivity index (χ2v) is 9.92. The molecule has 2 amide bonds. The van der Waals surface area contributed by atoms with Gasteiger partial charge in [0.05, 0.1) is 18.3 Å². The van der Waals surface area contributed by atoms with Crippen molar-refractivity contribution < 1.29 is 19.1 Å². The summed E-state index contributed by atoms with van der Waals surface area (Å²) in [5.74, 6) is 0.249. The Hall–Kier alpha value is -4.10. The quantitative estimate of drug-likeness (QED) is 0.345. The molecule has 0 N–H and O–H groups in total. The number of benzene rings is 2. The number of piperazine rings is 1. The molecule has 0 radical (unpaired) electrons. The average Bonchev–Trinajstić information content (AvgIpc) is 3.29. The summed E-state index contributed by atoms with van der Waals surface area (Å²) in [6.45, 7) is 6.04. The molecule has 10 nitrogen and oxygen atoms in total. The minimum absolute atomic E-state index is 0.0116. The van der Waals surface area contributed by atoms with Crippen LogP contribution in [0.4, 0.5) is 4.79 Å². The third-order valence-corrected chi connectivity index (χ3v) is 5.89. The van der Waals surface area contributed by atoms with Crippen LogP contribution in [0.15, 0.2) is 64.7 Å². The lowest BCUT2D eigenvalue weighted by Crippen LogP contribution is -2.58. The number of para-hydroxylation sites is 1. The van der Waals surface area contributed by atoms with Crippen LogP contribution in [0.25, 0.3) is 0 Å². The molecule has 2 aromatic rings. The molecule has 2 heterocycles. The molecule has 0 spiro atoms. The lowest BCUT2D eigenvalue weighted by Gasteiger charge is -2.38. The predicted molar refractivity (Wildman–Crippen MR) is 138 cm³/mol. The van der Waals surface area contributed by atoms with Gasteiger partial charge >= 0.3 is 12.1 Å². The average molecular weight is 523 g/mol. The van der Waals surface area contributed by atoms with Crippen molar-refractivity contribution in [3.05, 3.63) is 65.2 Å². The molecule has 0 aromatic heterocycles. The number of amidine groups is 1. The van der Waals surface area contributed by atoms with Crippen molar-refractivity contribution in [3.8, 4) is 11.9 Å². The van der Waals surface area contributed by atoms with Gasteiger partial charge in [-0.1, -0.05) is 41.9 Å². The number of rotatable bonds is 3. The Morgan fingerprint density at radius 3 is 2.46 bits per heavy atom.